The zero-order chi connectivity index (χ0) is 10.4. The summed E-state index contributed by atoms with van der Waals surface area (Å²) in [7, 11) is 0. The van der Waals surface area contributed by atoms with E-state index in [4.69, 9.17) is 4.74 Å². The van der Waals surface area contributed by atoms with Crippen LogP contribution in [0.2, 0.25) is 0 Å². The van der Waals surface area contributed by atoms with Gasteiger partial charge in [-0.05, 0) is 6.54 Å². The predicted octanol–water partition coefficient (Wildman–Crippen LogP) is 1.65. The van der Waals surface area contributed by atoms with Crippen molar-refractivity contribution in [2.45, 2.75) is 26.7 Å². The lowest BCUT2D eigenvalue weighted by Gasteiger charge is -2.01. The van der Waals surface area contributed by atoms with Gasteiger partial charge in [0.05, 0.1) is 0 Å². The Morgan fingerprint density at radius 2 is 2.29 bits per heavy atom. The molecule has 1 aromatic rings. The highest BCUT2D eigenvalue weighted by Crippen LogP contribution is 2.18. The third kappa shape index (κ3) is 3.59. The van der Waals surface area contributed by atoms with Gasteiger partial charge in [0, 0.05) is 24.0 Å². The molecular weight excluding hydrogens is 198 g/mol. The SMILES string of the molecule is CCNCCOc1nc(C(C)C)ns1. The van der Waals surface area contributed by atoms with Gasteiger partial charge in [-0.25, -0.2) is 0 Å². The van der Waals surface area contributed by atoms with Crippen molar-refractivity contribution in [2.24, 2.45) is 0 Å². The Balaban J connectivity index is 2.29. The van der Waals surface area contributed by atoms with Gasteiger partial charge in [-0.1, -0.05) is 20.8 Å². The van der Waals surface area contributed by atoms with Gasteiger partial charge in [-0.3, -0.25) is 0 Å². The Bertz CT molecular complexity index is 262. The van der Waals surface area contributed by atoms with Crippen molar-refractivity contribution >= 4 is 11.5 Å². The topological polar surface area (TPSA) is 47.0 Å². The van der Waals surface area contributed by atoms with Crippen LogP contribution in [0.25, 0.3) is 0 Å². The largest absolute Gasteiger partial charge is 0.468 e. The van der Waals surface area contributed by atoms with Crippen molar-refractivity contribution in [3.05, 3.63) is 5.82 Å². The van der Waals surface area contributed by atoms with E-state index in [1.54, 1.807) is 0 Å². The van der Waals surface area contributed by atoms with Gasteiger partial charge in [0.2, 0.25) is 0 Å². The standard InChI is InChI=1S/C9H17N3OS/c1-4-10-5-6-13-9-11-8(7(2)3)12-14-9/h7,10H,4-6H2,1-3H3. The highest BCUT2D eigenvalue weighted by Gasteiger charge is 2.07. The van der Waals surface area contributed by atoms with Crippen LogP contribution in [-0.4, -0.2) is 29.1 Å². The molecule has 0 aliphatic rings. The van der Waals surface area contributed by atoms with Gasteiger partial charge >= 0.3 is 0 Å². The molecule has 0 atom stereocenters. The number of likely N-dealkylation sites (N-methyl/N-ethyl adjacent to an activating group) is 1. The summed E-state index contributed by atoms with van der Waals surface area (Å²) in [5.74, 6) is 1.24. The summed E-state index contributed by atoms with van der Waals surface area (Å²) in [5, 5.41) is 3.85. The lowest BCUT2D eigenvalue weighted by Crippen LogP contribution is -2.20. The highest BCUT2D eigenvalue weighted by atomic mass is 32.1. The molecular formula is C9H17N3OS. The molecule has 4 nitrogen and oxygen atoms in total. The number of ether oxygens (including phenoxy) is 1. The summed E-state index contributed by atoms with van der Waals surface area (Å²) in [5.41, 5.74) is 0. The molecule has 0 spiro atoms. The molecule has 0 saturated carbocycles. The lowest BCUT2D eigenvalue weighted by atomic mass is 10.2. The molecule has 0 amide bonds. The first-order valence-electron chi connectivity index (χ1n) is 4.91. The van der Waals surface area contributed by atoms with Crippen molar-refractivity contribution < 1.29 is 4.74 Å². The van der Waals surface area contributed by atoms with E-state index in [9.17, 15) is 0 Å². The molecule has 1 rings (SSSR count). The number of nitrogens with zero attached hydrogens (tertiary/aromatic N) is 2. The van der Waals surface area contributed by atoms with Crippen molar-refractivity contribution in [1.82, 2.24) is 14.7 Å². The normalized spacial score (nSPS) is 10.9. The van der Waals surface area contributed by atoms with Crippen LogP contribution >= 0.6 is 11.5 Å². The Hall–Kier alpha value is -0.680. The van der Waals surface area contributed by atoms with E-state index >= 15 is 0 Å². The van der Waals surface area contributed by atoms with E-state index < -0.39 is 0 Å². The fraction of sp³-hybridized carbons (Fsp3) is 0.778. The van der Waals surface area contributed by atoms with Crippen LogP contribution in [0.1, 0.15) is 32.5 Å². The van der Waals surface area contributed by atoms with E-state index in [1.165, 1.54) is 11.5 Å². The molecule has 0 saturated heterocycles. The summed E-state index contributed by atoms with van der Waals surface area (Å²) in [4.78, 5) is 4.26. The highest BCUT2D eigenvalue weighted by molar-refractivity contribution is 7.07. The average Bonchev–Trinajstić information content (AvgIpc) is 2.61. The van der Waals surface area contributed by atoms with Crippen molar-refractivity contribution in [3.63, 3.8) is 0 Å². The Labute approximate surface area is 88.9 Å². The third-order valence-electron chi connectivity index (χ3n) is 1.69. The summed E-state index contributed by atoms with van der Waals surface area (Å²) in [6.45, 7) is 8.70. The fourth-order valence-electron chi connectivity index (χ4n) is 0.901. The van der Waals surface area contributed by atoms with E-state index in [0.717, 1.165) is 18.9 Å². The Kier molecular flexibility index (Phi) is 4.82. The lowest BCUT2D eigenvalue weighted by molar-refractivity contribution is 0.313. The third-order valence-corrected chi connectivity index (χ3v) is 2.34. The van der Waals surface area contributed by atoms with E-state index in [2.05, 4.69) is 35.4 Å². The number of hydrogen-bond donors (Lipinski definition) is 1. The average molecular weight is 215 g/mol. The van der Waals surface area contributed by atoms with Gasteiger partial charge < -0.3 is 10.1 Å². The van der Waals surface area contributed by atoms with Gasteiger partial charge in [0.15, 0.2) is 0 Å². The van der Waals surface area contributed by atoms with Gasteiger partial charge in [-0.2, -0.15) is 9.36 Å². The summed E-state index contributed by atoms with van der Waals surface area (Å²) < 4.78 is 9.62. The van der Waals surface area contributed by atoms with Crippen molar-refractivity contribution in [2.75, 3.05) is 19.7 Å². The first kappa shape index (κ1) is 11.4. The van der Waals surface area contributed by atoms with Crippen molar-refractivity contribution in [3.8, 4) is 5.19 Å². The molecule has 0 aliphatic heterocycles. The molecule has 0 aromatic carbocycles. The number of aromatic nitrogens is 2. The van der Waals surface area contributed by atoms with Crippen LogP contribution in [0.3, 0.4) is 0 Å². The van der Waals surface area contributed by atoms with E-state index in [0.29, 0.717) is 17.7 Å². The van der Waals surface area contributed by atoms with E-state index in [-0.39, 0.29) is 0 Å². The smallest absolute Gasteiger partial charge is 0.293 e. The second kappa shape index (κ2) is 5.93. The van der Waals surface area contributed by atoms with Crippen LogP contribution < -0.4 is 10.1 Å². The van der Waals surface area contributed by atoms with Crippen LogP contribution in [0.15, 0.2) is 0 Å². The first-order valence-corrected chi connectivity index (χ1v) is 5.68. The molecule has 0 unspecified atom stereocenters. The van der Waals surface area contributed by atoms with Crippen LogP contribution in [0.4, 0.5) is 0 Å². The summed E-state index contributed by atoms with van der Waals surface area (Å²) in [6, 6.07) is 0. The first-order chi connectivity index (χ1) is 6.74. The maximum Gasteiger partial charge on any atom is 0.293 e. The van der Waals surface area contributed by atoms with Gasteiger partial charge in [-0.15, -0.1) is 0 Å². The second-order valence-corrected chi connectivity index (χ2v) is 3.99. The molecule has 0 bridgehead atoms. The Morgan fingerprint density at radius 3 is 2.86 bits per heavy atom. The number of hydrogen-bond acceptors (Lipinski definition) is 5. The zero-order valence-electron chi connectivity index (χ0n) is 8.91. The summed E-state index contributed by atoms with van der Waals surface area (Å²) in [6.07, 6.45) is 0. The molecule has 0 fully saturated rings. The van der Waals surface area contributed by atoms with Crippen LogP contribution in [0.5, 0.6) is 5.19 Å². The van der Waals surface area contributed by atoms with Gasteiger partial charge in [0.1, 0.15) is 12.4 Å². The minimum absolute atomic E-state index is 0.373. The quantitative estimate of drug-likeness (QED) is 0.733. The number of rotatable bonds is 6. The van der Waals surface area contributed by atoms with Crippen molar-refractivity contribution in [1.29, 1.82) is 0 Å². The zero-order valence-corrected chi connectivity index (χ0v) is 9.73. The van der Waals surface area contributed by atoms with Crippen LogP contribution in [0, 0.1) is 0 Å². The minimum atomic E-state index is 0.373. The second-order valence-electron chi connectivity index (χ2n) is 3.28. The maximum atomic E-state index is 5.42. The molecule has 0 aliphatic carbocycles. The minimum Gasteiger partial charge on any atom is -0.468 e. The molecule has 0 radical (unpaired) electrons. The summed E-state index contributed by atoms with van der Waals surface area (Å²) >= 11 is 1.32. The molecule has 1 N–H and O–H groups in total. The number of nitrogens with one attached hydrogen (secondary N) is 1. The molecule has 1 heterocycles. The maximum absolute atomic E-state index is 5.42. The van der Waals surface area contributed by atoms with E-state index in [1.807, 2.05) is 0 Å². The fourth-order valence-corrected chi connectivity index (χ4v) is 1.59. The molecule has 1 aromatic heterocycles. The monoisotopic (exact) mass is 215 g/mol. The molecule has 14 heavy (non-hydrogen) atoms. The van der Waals surface area contributed by atoms with Crippen LogP contribution in [-0.2, 0) is 0 Å². The molecule has 5 heteroatoms. The predicted molar refractivity (Wildman–Crippen MR) is 58.0 cm³/mol. The van der Waals surface area contributed by atoms with Gasteiger partial charge in [0.25, 0.3) is 5.19 Å². The molecule has 80 valence electrons. The Morgan fingerprint density at radius 1 is 1.50 bits per heavy atom.